The highest BCUT2D eigenvalue weighted by atomic mass is 16.1. The number of carbonyl (C=O) groups is 1. The topological polar surface area (TPSA) is 44.4 Å². The first-order valence-corrected chi connectivity index (χ1v) is 7.98. The van der Waals surface area contributed by atoms with Crippen molar-refractivity contribution in [2.24, 2.45) is 0 Å². The Morgan fingerprint density at radius 2 is 2.00 bits per heavy atom. The van der Waals surface area contributed by atoms with E-state index >= 15 is 0 Å². The number of hydrogen-bond acceptors (Lipinski definition) is 3. The van der Waals surface area contributed by atoms with Crippen molar-refractivity contribution in [2.75, 3.05) is 32.7 Å². The average Bonchev–Trinajstić information content (AvgIpc) is 2.40. The summed E-state index contributed by atoms with van der Waals surface area (Å²) < 4.78 is 0. The molecule has 1 unspecified atom stereocenters. The van der Waals surface area contributed by atoms with Crippen LogP contribution in [0.15, 0.2) is 0 Å². The molecule has 0 aliphatic carbocycles. The Kier molecular flexibility index (Phi) is 8.84. The van der Waals surface area contributed by atoms with Crippen molar-refractivity contribution >= 4 is 5.91 Å². The second-order valence-corrected chi connectivity index (χ2v) is 5.56. The molecular formula is C15H31N3O. The normalized spacial score (nSPS) is 19.6. The van der Waals surface area contributed by atoms with Crippen LogP contribution in [0.5, 0.6) is 0 Å². The molecule has 0 aromatic carbocycles. The molecule has 4 heteroatoms. The highest BCUT2D eigenvalue weighted by Crippen LogP contribution is 2.03. The number of nitrogens with zero attached hydrogens (tertiary/aromatic N) is 1. The van der Waals surface area contributed by atoms with Gasteiger partial charge in [-0.2, -0.15) is 0 Å². The van der Waals surface area contributed by atoms with Gasteiger partial charge in [0, 0.05) is 19.0 Å². The fourth-order valence-corrected chi connectivity index (χ4v) is 2.71. The minimum Gasteiger partial charge on any atom is -0.352 e. The first-order valence-electron chi connectivity index (χ1n) is 7.98. The highest BCUT2D eigenvalue weighted by Gasteiger charge is 2.15. The Balaban J connectivity index is 2.10. The summed E-state index contributed by atoms with van der Waals surface area (Å²) in [6, 6.07) is 0.351. The maximum absolute atomic E-state index is 11.9. The van der Waals surface area contributed by atoms with Gasteiger partial charge in [0.1, 0.15) is 0 Å². The molecule has 1 rings (SSSR count). The predicted molar refractivity (Wildman–Crippen MR) is 80.3 cm³/mol. The first kappa shape index (κ1) is 16.4. The minimum absolute atomic E-state index is 0.224. The lowest BCUT2D eigenvalue weighted by Crippen LogP contribution is -2.45. The van der Waals surface area contributed by atoms with Crippen LogP contribution in [0.3, 0.4) is 0 Å². The van der Waals surface area contributed by atoms with Gasteiger partial charge in [-0.1, -0.05) is 13.8 Å². The number of amides is 1. The van der Waals surface area contributed by atoms with Crippen LogP contribution in [0.1, 0.15) is 52.4 Å². The molecule has 112 valence electrons. The molecule has 19 heavy (non-hydrogen) atoms. The van der Waals surface area contributed by atoms with Crippen molar-refractivity contribution in [3.8, 4) is 0 Å². The van der Waals surface area contributed by atoms with Gasteiger partial charge in [0.2, 0.25) is 5.91 Å². The zero-order chi connectivity index (χ0) is 13.9. The van der Waals surface area contributed by atoms with E-state index in [1.165, 1.54) is 19.3 Å². The molecule has 1 atom stereocenters. The molecule has 1 fully saturated rings. The fraction of sp³-hybridized carbons (Fsp3) is 0.933. The average molecular weight is 269 g/mol. The quantitative estimate of drug-likeness (QED) is 0.670. The van der Waals surface area contributed by atoms with Crippen LogP contribution in [0.4, 0.5) is 0 Å². The largest absolute Gasteiger partial charge is 0.352 e. The Bertz CT molecular complexity index is 234. The smallest absolute Gasteiger partial charge is 0.220 e. The molecular weight excluding hydrogens is 238 g/mol. The van der Waals surface area contributed by atoms with Crippen LogP contribution in [0, 0.1) is 0 Å². The van der Waals surface area contributed by atoms with E-state index in [1.807, 2.05) is 0 Å². The van der Waals surface area contributed by atoms with Gasteiger partial charge in [0.15, 0.2) is 0 Å². The lowest BCUT2D eigenvalue weighted by Gasteiger charge is -2.24. The minimum atomic E-state index is 0.224. The van der Waals surface area contributed by atoms with Crippen molar-refractivity contribution in [3.63, 3.8) is 0 Å². The summed E-state index contributed by atoms with van der Waals surface area (Å²) in [6.45, 7) is 9.82. The van der Waals surface area contributed by atoms with Crippen LogP contribution in [0.2, 0.25) is 0 Å². The molecule has 4 nitrogen and oxygen atoms in total. The third-order valence-corrected chi connectivity index (χ3v) is 3.62. The molecule has 1 saturated heterocycles. The van der Waals surface area contributed by atoms with E-state index in [0.717, 1.165) is 45.6 Å². The van der Waals surface area contributed by atoms with Gasteiger partial charge in [-0.05, 0) is 58.3 Å². The van der Waals surface area contributed by atoms with Crippen LogP contribution in [-0.2, 0) is 4.79 Å². The highest BCUT2D eigenvalue weighted by molar-refractivity contribution is 5.76. The SMILES string of the molecule is CCCN(CCC)CCCC(=O)NC1CCCNC1. The first-order chi connectivity index (χ1) is 9.26. The Morgan fingerprint density at radius 3 is 2.58 bits per heavy atom. The molecule has 1 aliphatic rings. The number of rotatable bonds is 9. The molecule has 0 saturated carbocycles. The van der Waals surface area contributed by atoms with Gasteiger partial charge in [-0.15, -0.1) is 0 Å². The fourth-order valence-electron chi connectivity index (χ4n) is 2.71. The molecule has 1 aliphatic heterocycles. The van der Waals surface area contributed by atoms with Crippen molar-refractivity contribution in [1.82, 2.24) is 15.5 Å². The summed E-state index contributed by atoms with van der Waals surface area (Å²) >= 11 is 0. The van der Waals surface area contributed by atoms with Gasteiger partial charge in [-0.25, -0.2) is 0 Å². The summed E-state index contributed by atoms with van der Waals surface area (Å²) in [4.78, 5) is 14.3. The number of hydrogen-bond donors (Lipinski definition) is 2. The number of piperidine rings is 1. The summed E-state index contributed by atoms with van der Waals surface area (Å²) in [6.07, 6.45) is 6.33. The second kappa shape index (κ2) is 10.2. The maximum atomic E-state index is 11.9. The van der Waals surface area contributed by atoms with Gasteiger partial charge in [-0.3, -0.25) is 4.79 Å². The third-order valence-electron chi connectivity index (χ3n) is 3.62. The van der Waals surface area contributed by atoms with Crippen LogP contribution < -0.4 is 10.6 Å². The van der Waals surface area contributed by atoms with E-state index in [-0.39, 0.29) is 5.91 Å². The lowest BCUT2D eigenvalue weighted by atomic mass is 10.1. The Morgan fingerprint density at radius 1 is 1.26 bits per heavy atom. The standard InChI is InChI=1S/C15H31N3O/c1-3-10-18(11-4-2)12-6-8-15(19)17-14-7-5-9-16-13-14/h14,16H,3-13H2,1-2H3,(H,17,19). The van der Waals surface area contributed by atoms with Crippen molar-refractivity contribution in [3.05, 3.63) is 0 Å². The van der Waals surface area contributed by atoms with Crippen molar-refractivity contribution < 1.29 is 4.79 Å². The van der Waals surface area contributed by atoms with Crippen LogP contribution in [0.25, 0.3) is 0 Å². The summed E-state index contributed by atoms with van der Waals surface area (Å²) in [5, 5.41) is 6.46. The van der Waals surface area contributed by atoms with Gasteiger partial charge in [0.05, 0.1) is 0 Å². The van der Waals surface area contributed by atoms with E-state index in [4.69, 9.17) is 0 Å². The molecule has 0 bridgehead atoms. The van der Waals surface area contributed by atoms with Gasteiger partial charge >= 0.3 is 0 Å². The molecule has 2 N–H and O–H groups in total. The molecule has 1 heterocycles. The maximum Gasteiger partial charge on any atom is 0.220 e. The Labute approximate surface area is 118 Å². The van der Waals surface area contributed by atoms with E-state index in [0.29, 0.717) is 12.5 Å². The van der Waals surface area contributed by atoms with E-state index in [9.17, 15) is 4.79 Å². The monoisotopic (exact) mass is 269 g/mol. The second-order valence-electron chi connectivity index (χ2n) is 5.56. The van der Waals surface area contributed by atoms with Crippen LogP contribution in [-0.4, -0.2) is 49.6 Å². The third kappa shape index (κ3) is 7.53. The zero-order valence-corrected chi connectivity index (χ0v) is 12.7. The van der Waals surface area contributed by atoms with Gasteiger partial charge in [0.25, 0.3) is 0 Å². The molecule has 0 aromatic heterocycles. The van der Waals surface area contributed by atoms with Crippen molar-refractivity contribution in [1.29, 1.82) is 0 Å². The zero-order valence-electron chi connectivity index (χ0n) is 12.7. The summed E-state index contributed by atoms with van der Waals surface area (Å²) in [7, 11) is 0. The molecule has 0 radical (unpaired) electrons. The Hall–Kier alpha value is -0.610. The van der Waals surface area contributed by atoms with E-state index in [2.05, 4.69) is 29.4 Å². The van der Waals surface area contributed by atoms with Gasteiger partial charge < -0.3 is 15.5 Å². The summed E-state index contributed by atoms with van der Waals surface area (Å²) in [5.74, 6) is 0.224. The number of nitrogens with one attached hydrogen (secondary N) is 2. The molecule has 1 amide bonds. The van der Waals surface area contributed by atoms with Crippen LogP contribution >= 0.6 is 0 Å². The summed E-state index contributed by atoms with van der Waals surface area (Å²) in [5.41, 5.74) is 0. The number of carbonyl (C=O) groups excluding carboxylic acids is 1. The molecule has 0 aromatic rings. The van der Waals surface area contributed by atoms with E-state index in [1.54, 1.807) is 0 Å². The lowest BCUT2D eigenvalue weighted by molar-refractivity contribution is -0.122. The molecule has 0 spiro atoms. The van der Waals surface area contributed by atoms with E-state index < -0.39 is 0 Å². The van der Waals surface area contributed by atoms with Crippen molar-refractivity contribution in [2.45, 2.75) is 58.4 Å². The predicted octanol–water partition coefficient (Wildman–Crippen LogP) is 1.76.